The summed E-state index contributed by atoms with van der Waals surface area (Å²) >= 11 is 3.40. The third kappa shape index (κ3) is 3.32. The molecule has 0 fully saturated rings. The van der Waals surface area contributed by atoms with Crippen LogP contribution in [0.5, 0.6) is 0 Å². The van der Waals surface area contributed by atoms with Gasteiger partial charge >= 0.3 is 0 Å². The molecule has 3 heterocycles. The van der Waals surface area contributed by atoms with Gasteiger partial charge in [-0.25, -0.2) is 0 Å². The molecule has 156 valence electrons. The van der Waals surface area contributed by atoms with Crippen molar-refractivity contribution in [3.8, 4) is 10.4 Å². The minimum Gasteiger partial charge on any atom is -0.362 e. The Bertz CT molecular complexity index is 1060. The molecule has 2 aliphatic carbocycles. The van der Waals surface area contributed by atoms with Gasteiger partial charge in [0.15, 0.2) is 11.6 Å². The quantitative estimate of drug-likeness (QED) is 0.587. The number of dihydropyridines is 1. The highest BCUT2D eigenvalue weighted by molar-refractivity contribution is 7.16. The molecule has 0 spiro atoms. The summed E-state index contributed by atoms with van der Waals surface area (Å²) in [6.45, 7) is 8.63. The van der Waals surface area contributed by atoms with Crippen LogP contribution in [0, 0.1) is 10.8 Å². The lowest BCUT2D eigenvalue weighted by Gasteiger charge is -2.43. The number of Topliss-reactive ketones (excluding diaryl/α,β-unsaturated/α-hetero) is 2. The molecule has 0 amide bonds. The first kappa shape index (κ1) is 20.0. The van der Waals surface area contributed by atoms with Gasteiger partial charge in [0.2, 0.25) is 0 Å². The zero-order valence-corrected chi connectivity index (χ0v) is 19.6. The van der Waals surface area contributed by atoms with E-state index in [2.05, 4.69) is 62.0 Å². The number of carbonyl (C=O) groups excluding carboxylic acids is 2. The van der Waals surface area contributed by atoms with E-state index < -0.39 is 0 Å². The average molecular weight is 438 g/mol. The second-order valence-corrected chi connectivity index (χ2v) is 12.3. The summed E-state index contributed by atoms with van der Waals surface area (Å²) in [4.78, 5) is 29.0. The van der Waals surface area contributed by atoms with Crippen molar-refractivity contribution in [1.29, 1.82) is 0 Å². The van der Waals surface area contributed by atoms with E-state index in [-0.39, 0.29) is 28.3 Å². The van der Waals surface area contributed by atoms with Gasteiger partial charge in [0, 0.05) is 50.7 Å². The van der Waals surface area contributed by atoms with E-state index in [1.54, 1.807) is 22.7 Å². The van der Waals surface area contributed by atoms with Crippen LogP contribution >= 0.6 is 22.7 Å². The Hall–Kier alpha value is -1.98. The topological polar surface area (TPSA) is 46.2 Å². The summed E-state index contributed by atoms with van der Waals surface area (Å²) < 4.78 is 0. The second kappa shape index (κ2) is 6.76. The van der Waals surface area contributed by atoms with Crippen molar-refractivity contribution in [3.63, 3.8) is 0 Å². The van der Waals surface area contributed by atoms with E-state index in [1.165, 1.54) is 10.4 Å². The van der Waals surface area contributed by atoms with E-state index in [9.17, 15) is 9.59 Å². The third-order valence-electron chi connectivity index (χ3n) is 6.44. The molecular formula is C25H27NO2S2. The van der Waals surface area contributed by atoms with Gasteiger partial charge < -0.3 is 5.32 Å². The third-order valence-corrected chi connectivity index (χ3v) is 8.32. The van der Waals surface area contributed by atoms with Crippen molar-refractivity contribution in [2.75, 3.05) is 0 Å². The van der Waals surface area contributed by atoms with Crippen LogP contribution in [0.1, 0.15) is 64.2 Å². The van der Waals surface area contributed by atoms with Crippen LogP contribution in [0.25, 0.3) is 10.4 Å². The maximum atomic E-state index is 13.3. The van der Waals surface area contributed by atoms with Crippen LogP contribution in [0.3, 0.4) is 0 Å². The number of hydrogen-bond acceptors (Lipinski definition) is 5. The highest BCUT2D eigenvalue weighted by Gasteiger charge is 2.46. The summed E-state index contributed by atoms with van der Waals surface area (Å²) in [5.41, 5.74) is 4.83. The van der Waals surface area contributed by atoms with Gasteiger partial charge in [0.1, 0.15) is 0 Å². The summed E-state index contributed by atoms with van der Waals surface area (Å²) in [6.07, 6.45) is 2.77. The number of thiophene rings is 2. The van der Waals surface area contributed by atoms with Crippen molar-refractivity contribution in [1.82, 2.24) is 5.32 Å². The lowest BCUT2D eigenvalue weighted by molar-refractivity contribution is -0.119. The second-order valence-electron chi connectivity index (χ2n) is 10.4. The zero-order valence-electron chi connectivity index (χ0n) is 17.9. The van der Waals surface area contributed by atoms with Gasteiger partial charge in [0.25, 0.3) is 0 Å². The molecule has 2 aromatic rings. The van der Waals surface area contributed by atoms with Gasteiger partial charge in [-0.1, -0.05) is 27.7 Å². The number of allylic oxidation sites excluding steroid dienone is 4. The van der Waals surface area contributed by atoms with Gasteiger partial charge in [-0.15, -0.1) is 11.3 Å². The molecule has 5 rings (SSSR count). The molecular weight excluding hydrogens is 410 g/mol. The molecule has 0 radical (unpaired) electrons. The highest BCUT2D eigenvalue weighted by atomic mass is 32.1. The fourth-order valence-electron chi connectivity index (χ4n) is 5.24. The molecule has 0 aromatic carbocycles. The molecule has 0 unspecified atom stereocenters. The first-order chi connectivity index (χ1) is 14.1. The van der Waals surface area contributed by atoms with Crippen molar-refractivity contribution in [2.45, 2.75) is 59.3 Å². The summed E-state index contributed by atoms with van der Waals surface area (Å²) in [7, 11) is 0. The monoisotopic (exact) mass is 437 g/mol. The lowest BCUT2D eigenvalue weighted by Crippen LogP contribution is -2.42. The van der Waals surface area contributed by atoms with E-state index in [4.69, 9.17) is 0 Å². The van der Waals surface area contributed by atoms with Crippen LogP contribution in [-0.4, -0.2) is 11.6 Å². The van der Waals surface area contributed by atoms with Crippen LogP contribution in [0.2, 0.25) is 0 Å². The smallest absolute Gasteiger partial charge is 0.162 e. The SMILES string of the molecule is CC1(C)CC(=O)C2=C(C1)NC1=C(C(=O)CC(C)(C)C1)C2c1ccc(-c2ccsc2)s1. The van der Waals surface area contributed by atoms with Crippen molar-refractivity contribution in [3.05, 3.63) is 56.4 Å². The molecule has 0 atom stereocenters. The number of hydrogen-bond donors (Lipinski definition) is 1. The maximum absolute atomic E-state index is 13.3. The van der Waals surface area contributed by atoms with Crippen molar-refractivity contribution in [2.24, 2.45) is 10.8 Å². The molecule has 0 saturated carbocycles. The Morgan fingerprint density at radius 3 is 2.00 bits per heavy atom. The predicted molar refractivity (Wildman–Crippen MR) is 124 cm³/mol. The van der Waals surface area contributed by atoms with Crippen LogP contribution in [-0.2, 0) is 9.59 Å². The maximum Gasteiger partial charge on any atom is 0.162 e. The van der Waals surface area contributed by atoms with Crippen LogP contribution in [0.4, 0.5) is 0 Å². The summed E-state index contributed by atoms with van der Waals surface area (Å²) in [5.74, 6) is 0.155. The minimum absolute atomic E-state index is 0.0585. The normalized spacial score (nSPS) is 23.3. The Morgan fingerprint density at radius 1 is 0.867 bits per heavy atom. The van der Waals surface area contributed by atoms with Gasteiger partial charge in [-0.3, -0.25) is 9.59 Å². The van der Waals surface area contributed by atoms with Gasteiger partial charge in [-0.2, -0.15) is 11.3 Å². The molecule has 2 aromatic heterocycles. The summed E-state index contributed by atoms with van der Waals surface area (Å²) in [6, 6.07) is 6.39. The fourth-order valence-corrected chi connectivity index (χ4v) is 7.10. The van der Waals surface area contributed by atoms with E-state index >= 15 is 0 Å². The Kier molecular flexibility index (Phi) is 4.50. The molecule has 3 nitrogen and oxygen atoms in total. The predicted octanol–water partition coefficient (Wildman–Crippen LogP) is 6.45. The molecule has 1 N–H and O–H groups in total. The zero-order chi connectivity index (χ0) is 21.3. The number of rotatable bonds is 2. The first-order valence-electron chi connectivity index (χ1n) is 10.6. The van der Waals surface area contributed by atoms with Gasteiger partial charge in [-0.05, 0) is 52.6 Å². The average Bonchev–Trinajstić information content (AvgIpc) is 3.29. The lowest BCUT2D eigenvalue weighted by atomic mass is 9.65. The molecule has 5 heteroatoms. The van der Waals surface area contributed by atoms with E-state index in [0.717, 1.165) is 40.3 Å². The Balaban J connectivity index is 1.67. The summed E-state index contributed by atoms with van der Waals surface area (Å²) in [5, 5.41) is 7.82. The van der Waals surface area contributed by atoms with Crippen LogP contribution < -0.4 is 5.32 Å². The highest BCUT2D eigenvalue weighted by Crippen LogP contribution is 2.52. The molecule has 3 aliphatic rings. The van der Waals surface area contributed by atoms with Gasteiger partial charge in [0.05, 0.1) is 5.92 Å². The standard InChI is InChI=1S/C25H27NO2S2/c1-24(2)9-15-21(17(27)11-24)23(20-6-5-19(30-20)14-7-8-29-13-14)22-16(26-15)10-25(3,4)12-18(22)28/h5-8,13,23,26H,9-12H2,1-4H3. The number of ketones is 2. The largest absolute Gasteiger partial charge is 0.362 e. The Labute approximate surface area is 185 Å². The van der Waals surface area contributed by atoms with Crippen molar-refractivity contribution < 1.29 is 9.59 Å². The number of carbonyl (C=O) groups is 2. The number of nitrogens with one attached hydrogen (secondary N) is 1. The molecule has 0 saturated heterocycles. The molecule has 1 aliphatic heterocycles. The molecule has 0 bridgehead atoms. The minimum atomic E-state index is -0.221. The van der Waals surface area contributed by atoms with E-state index in [1.807, 2.05) is 0 Å². The van der Waals surface area contributed by atoms with Crippen LogP contribution in [0.15, 0.2) is 51.5 Å². The van der Waals surface area contributed by atoms with E-state index in [0.29, 0.717) is 12.8 Å². The fraction of sp³-hybridized carbons (Fsp3) is 0.440. The Morgan fingerprint density at radius 2 is 1.47 bits per heavy atom. The first-order valence-corrected chi connectivity index (χ1v) is 12.3. The van der Waals surface area contributed by atoms with Crippen molar-refractivity contribution >= 4 is 34.2 Å². The molecule has 30 heavy (non-hydrogen) atoms.